The van der Waals surface area contributed by atoms with Gasteiger partial charge in [-0.25, -0.2) is 0 Å². The zero-order chi connectivity index (χ0) is 16.8. The molecule has 22 heavy (non-hydrogen) atoms. The molecule has 1 amide bonds. The van der Waals surface area contributed by atoms with Crippen molar-refractivity contribution in [2.75, 3.05) is 0 Å². The van der Waals surface area contributed by atoms with Crippen LogP contribution in [0.5, 0.6) is 0 Å². The molecule has 0 spiro atoms. The van der Waals surface area contributed by atoms with E-state index in [-0.39, 0.29) is 11.3 Å². The molecule has 4 heteroatoms. The normalized spacial score (nSPS) is 22.7. The van der Waals surface area contributed by atoms with Crippen LogP contribution in [-0.2, 0) is 0 Å². The van der Waals surface area contributed by atoms with E-state index in [0.29, 0.717) is 12.0 Å². The van der Waals surface area contributed by atoms with Gasteiger partial charge in [0.25, 0.3) is 5.91 Å². The van der Waals surface area contributed by atoms with E-state index in [1.807, 2.05) is 59.7 Å². The van der Waals surface area contributed by atoms with Gasteiger partial charge in [-0.15, -0.1) is 0 Å². The number of hydrogen-bond acceptors (Lipinski definition) is 3. The third kappa shape index (κ3) is 2.80. The number of hydrogen-bond donors (Lipinski definition) is 1. The molecule has 0 radical (unpaired) electrons. The minimum Gasteiger partial charge on any atom is -0.368 e. The monoisotopic (exact) mass is 302 g/mol. The predicted molar refractivity (Wildman–Crippen MR) is 88.5 cm³/mol. The Hall–Kier alpha value is -1.68. The molecule has 1 aromatic carbocycles. The highest BCUT2D eigenvalue weighted by Gasteiger charge is 2.53. The van der Waals surface area contributed by atoms with Gasteiger partial charge < -0.3 is 5.11 Å². The SMILES string of the molecule is CC(C)(C)C1=NN(C(=O)c2ccccc2)[C@](O)(C(C)(C)C)C1. The van der Waals surface area contributed by atoms with Crippen molar-refractivity contribution < 1.29 is 9.90 Å². The Bertz CT molecular complexity index is 594. The van der Waals surface area contributed by atoms with Crippen LogP contribution in [0.3, 0.4) is 0 Å². The van der Waals surface area contributed by atoms with E-state index in [1.54, 1.807) is 12.1 Å². The van der Waals surface area contributed by atoms with Crippen molar-refractivity contribution in [3.63, 3.8) is 0 Å². The zero-order valence-corrected chi connectivity index (χ0v) is 14.3. The summed E-state index contributed by atoms with van der Waals surface area (Å²) < 4.78 is 0. The summed E-state index contributed by atoms with van der Waals surface area (Å²) >= 11 is 0. The van der Waals surface area contributed by atoms with Crippen molar-refractivity contribution >= 4 is 11.6 Å². The lowest BCUT2D eigenvalue weighted by Gasteiger charge is -2.42. The lowest BCUT2D eigenvalue weighted by atomic mass is 9.76. The average Bonchev–Trinajstić information content (AvgIpc) is 2.78. The Balaban J connectivity index is 2.48. The summed E-state index contributed by atoms with van der Waals surface area (Å²) in [5.74, 6) is -0.266. The van der Waals surface area contributed by atoms with E-state index in [9.17, 15) is 9.90 Å². The van der Waals surface area contributed by atoms with Gasteiger partial charge in [0, 0.05) is 28.5 Å². The van der Waals surface area contributed by atoms with Gasteiger partial charge in [-0.3, -0.25) is 4.79 Å². The fraction of sp³-hybridized carbons (Fsp3) is 0.556. The van der Waals surface area contributed by atoms with Crippen LogP contribution in [0.2, 0.25) is 0 Å². The van der Waals surface area contributed by atoms with Crippen molar-refractivity contribution in [2.24, 2.45) is 15.9 Å². The molecule has 1 N–H and O–H groups in total. The van der Waals surface area contributed by atoms with Gasteiger partial charge in [0.05, 0.1) is 0 Å². The molecule has 0 unspecified atom stereocenters. The molecule has 4 nitrogen and oxygen atoms in total. The summed E-state index contributed by atoms with van der Waals surface area (Å²) in [6.07, 6.45) is 0.374. The molecule has 1 aliphatic rings. The first-order chi connectivity index (χ1) is 9.97. The zero-order valence-electron chi connectivity index (χ0n) is 14.3. The van der Waals surface area contributed by atoms with E-state index >= 15 is 0 Å². The van der Waals surface area contributed by atoms with Crippen LogP contribution < -0.4 is 0 Å². The molecular weight excluding hydrogens is 276 g/mol. The predicted octanol–water partition coefficient (Wildman–Crippen LogP) is 3.67. The molecule has 0 fully saturated rings. The second-order valence-corrected chi connectivity index (χ2v) is 8.02. The molecular formula is C18H26N2O2. The van der Waals surface area contributed by atoms with E-state index < -0.39 is 11.1 Å². The Morgan fingerprint density at radius 1 is 1.14 bits per heavy atom. The first kappa shape index (κ1) is 16.7. The number of aliphatic hydroxyl groups is 1. The standard InChI is InChI=1S/C18H26N2O2/c1-16(2,3)14-12-18(22,17(4,5)6)20(19-14)15(21)13-10-8-7-9-11-13/h7-11,22H,12H2,1-6H3/t18-/m1/s1. The lowest BCUT2D eigenvalue weighted by Crippen LogP contribution is -2.55. The maximum atomic E-state index is 12.8. The minimum absolute atomic E-state index is 0.190. The second kappa shape index (κ2) is 5.20. The molecule has 0 aromatic heterocycles. The number of nitrogens with zero attached hydrogens (tertiary/aromatic N) is 2. The first-order valence-electron chi connectivity index (χ1n) is 7.67. The Kier molecular flexibility index (Phi) is 3.94. The van der Waals surface area contributed by atoms with Crippen LogP contribution in [0, 0.1) is 10.8 Å². The molecule has 1 heterocycles. The third-order valence-electron chi connectivity index (χ3n) is 4.27. The highest BCUT2D eigenvalue weighted by atomic mass is 16.3. The second-order valence-electron chi connectivity index (χ2n) is 8.02. The van der Waals surface area contributed by atoms with Crippen LogP contribution in [0.1, 0.15) is 58.3 Å². The summed E-state index contributed by atoms with van der Waals surface area (Å²) in [6, 6.07) is 8.98. The van der Waals surface area contributed by atoms with Gasteiger partial charge >= 0.3 is 0 Å². The summed E-state index contributed by atoms with van der Waals surface area (Å²) in [6.45, 7) is 11.9. The number of hydrazone groups is 1. The fourth-order valence-corrected chi connectivity index (χ4v) is 2.46. The molecule has 1 atom stereocenters. The third-order valence-corrected chi connectivity index (χ3v) is 4.27. The lowest BCUT2D eigenvalue weighted by molar-refractivity contribution is -0.143. The summed E-state index contributed by atoms with van der Waals surface area (Å²) in [4.78, 5) is 12.8. The molecule has 1 aliphatic heterocycles. The molecule has 0 bridgehead atoms. The van der Waals surface area contributed by atoms with Crippen molar-refractivity contribution in [2.45, 2.75) is 53.7 Å². The van der Waals surface area contributed by atoms with Crippen molar-refractivity contribution in [1.82, 2.24) is 5.01 Å². The molecule has 120 valence electrons. The molecule has 0 aliphatic carbocycles. The number of carbonyl (C=O) groups is 1. The first-order valence-corrected chi connectivity index (χ1v) is 7.67. The van der Waals surface area contributed by atoms with Crippen molar-refractivity contribution in [1.29, 1.82) is 0 Å². The van der Waals surface area contributed by atoms with Gasteiger partial charge in [0.15, 0.2) is 5.72 Å². The maximum Gasteiger partial charge on any atom is 0.276 e. The molecule has 0 saturated heterocycles. The van der Waals surface area contributed by atoms with Crippen LogP contribution in [0.25, 0.3) is 0 Å². The van der Waals surface area contributed by atoms with E-state index in [1.165, 1.54) is 5.01 Å². The van der Waals surface area contributed by atoms with Crippen LogP contribution >= 0.6 is 0 Å². The Labute approximate surface area is 132 Å². The number of carbonyl (C=O) groups excluding carboxylic acids is 1. The largest absolute Gasteiger partial charge is 0.368 e. The van der Waals surface area contributed by atoms with E-state index in [4.69, 9.17) is 0 Å². The van der Waals surface area contributed by atoms with Crippen LogP contribution in [0.4, 0.5) is 0 Å². The number of rotatable bonds is 1. The average molecular weight is 302 g/mol. The molecule has 1 aromatic rings. The van der Waals surface area contributed by atoms with Gasteiger partial charge in [-0.2, -0.15) is 10.1 Å². The summed E-state index contributed by atoms with van der Waals surface area (Å²) in [5, 5.41) is 17.0. The van der Waals surface area contributed by atoms with Crippen LogP contribution in [0.15, 0.2) is 35.4 Å². The van der Waals surface area contributed by atoms with E-state index in [0.717, 1.165) is 5.71 Å². The fourth-order valence-electron chi connectivity index (χ4n) is 2.46. The number of benzene rings is 1. The van der Waals surface area contributed by atoms with Crippen LogP contribution in [-0.4, -0.2) is 27.5 Å². The van der Waals surface area contributed by atoms with Gasteiger partial charge in [-0.05, 0) is 12.1 Å². The quantitative estimate of drug-likeness (QED) is 0.860. The smallest absolute Gasteiger partial charge is 0.276 e. The summed E-state index contributed by atoms with van der Waals surface area (Å²) in [5.41, 5.74) is -0.639. The highest BCUT2D eigenvalue weighted by molar-refractivity contribution is 5.99. The highest BCUT2D eigenvalue weighted by Crippen LogP contribution is 2.44. The molecule has 0 saturated carbocycles. The Morgan fingerprint density at radius 2 is 1.68 bits per heavy atom. The van der Waals surface area contributed by atoms with E-state index in [2.05, 4.69) is 5.10 Å². The topological polar surface area (TPSA) is 52.9 Å². The van der Waals surface area contributed by atoms with Crippen molar-refractivity contribution in [3.8, 4) is 0 Å². The van der Waals surface area contributed by atoms with Gasteiger partial charge in [0.2, 0.25) is 0 Å². The maximum absolute atomic E-state index is 12.8. The minimum atomic E-state index is -1.32. The Morgan fingerprint density at radius 3 is 2.14 bits per heavy atom. The molecule has 2 rings (SSSR count). The summed E-state index contributed by atoms with van der Waals surface area (Å²) in [7, 11) is 0. The number of amides is 1. The van der Waals surface area contributed by atoms with Gasteiger partial charge in [0.1, 0.15) is 0 Å². The van der Waals surface area contributed by atoms with Gasteiger partial charge in [-0.1, -0.05) is 59.7 Å². The van der Waals surface area contributed by atoms with Crippen molar-refractivity contribution in [3.05, 3.63) is 35.9 Å².